The molecule has 1 atom stereocenters. The van der Waals surface area contributed by atoms with Crippen molar-refractivity contribution < 1.29 is 32.9 Å². The second-order valence-electron chi connectivity index (χ2n) is 5.42. The van der Waals surface area contributed by atoms with E-state index in [1.54, 1.807) is 0 Å². The highest BCUT2D eigenvalue weighted by Gasteiger charge is 2.17. The Kier molecular flexibility index (Phi) is 9.07. The van der Waals surface area contributed by atoms with E-state index in [1.807, 2.05) is 0 Å². The minimum atomic E-state index is -1.75. The summed E-state index contributed by atoms with van der Waals surface area (Å²) < 4.78 is 23.1. The Labute approximate surface area is 159 Å². The zero-order valence-corrected chi connectivity index (χ0v) is 16.0. The van der Waals surface area contributed by atoms with Gasteiger partial charge in [-0.2, -0.15) is 0 Å². The maximum atomic E-state index is 12.3. The second-order valence-corrected chi connectivity index (χ2v) is 6.94. The van der Waals surface area contributed by atoms with Crippen LogP contribution in [0.1, 0.15) is 30.1 Å². The van der Waals surface area contributed by atoms with Crippen LogP contribution in [0, 0.1) is 0 Å². The highest BCUT2D eigenvalue weighted by Crippen LogP contribution is 2.13. The zero-order valence-electron chi connectivity index (χ0n) is 15.1. The summed E-state index contributed by atoms with van der Waals surface area (Å²) in [6.45, 7) is 4.73. The molecule has 1 aromatic carbocycles. The van der Waals surface area contributed by atoms with Gasteiger partial charge in [-0.05, 0) is 31.2 Å². The highest BCUT2D eigenvalue weighted by molar-refractivity contribution is 7.83. The lowest BCUT2D eigenvalue weighted by Crippen LogP contribution is -2.28. The molecule has 0 aliphatic rings. The van der Waals surface area contributed by atoms with Crippen LogP contribution in [-0.2, 0) is 34.8 Å². The van der Waals surface area contributed by atoms with Gasteiger partial charge < -0.3 is 14.3 Å². The fourth-order valence-corrected chi connectivity index (χ4v) is 2.73. The van der Waals surface area contributed by atoms with Gasteiger partial charge in [-0.15, -0.1) is 0 Å². The van der Waals surface area contributed by atoms with Crippen LogP contribution in [0.3, 0.4) is 0 Å². The van der Waals surface area contributed by atoms with E-state index in [0.717, 1.165) is 4.31 Å². The largest absolute Gasteiger partial charge is 0.459 e. The van der Waals surface area contributed by atoms with Crippen molar-refractivity contribution in [2.24, 2.45) is 0 Å². The molecule has 27 heavy (non-hydrogen) atoms. The predicted molar refractivity (Wildman–Crippen MR) is 97.0 cm³/mol. The lowest BCUT2D eigenvalue weighted by molar-refractivity contribution is -0.140. The number of hydrogen-bond donors (Lipinski definition) is 0. The van der Waals surface area contributed by atoms with Gasteiger partial charge in [0.15, 0.2) is 11.0 Å². The van der Waals surface area contributed by atoms with E-state index in [0.29, 0.717) is 11.2 Å². The first kappa shape index (κ1) is 22.2. The smallest absolute Gasteiger partial charge is 0.338 e. The second kappa shape index (κ2) is 11.0. The van der Waals surface area contributed by atoms with Gasteiger partial charge in [0.05, 0.1) is 10.5 Å². The van der Waals surface area contributed by atoms with Crippen molar-refractivity contribution in [2.75, 3.05) is 20.3 Å². The van der Waals surface area contributed by atoms with E-state index in [1.165, 1.54) is 38.2 Å². The Morgan fingerprint density at radius 1 is 1.15 bits per heavy atom. The minimum Gasteiger partial charge on any atom is -0.459 e. The number of aldehydes is 1. The number of nitrogens with zero attached hydrogens (tertiary/aromatic N) is 1. The van der Waals surface area contributed by atoms with Crippen LogP contribution in [0.25, 0.3) is 0 Å². The molecule has 1 unspecified atom stereocenters. The molecule has 8 nitrogen and oxygen atoms in total. The Balaban J connectivity index is 2.57. The van der Waals surface area contributed by atoms with Gasteiger partial charge in [0.25, 0.3) is 0 Å². The lowest BCUT2D eigenvalue weighted by Gasteiger charge is -2.15. The van der Waals surface area contributed by atoms with Gasteiger partial charge in [0.1, 0.15) is 19.5 Å². The highest BCUT2D eigenvalue weighted by atomic mass is 32.2. The maximum Gasteiger partial charge on any atom is 0.338 e. The molecule has 0 aliphatic heterocycles. The SMILES string of the molecule is C=C(C)C(=O)OCCOC(=O)c1ccc(S(=O)N(C)C(=O)CCC=O)cc1. The maximum absolute atomic E-state index is 12.3. The van der Waals surface area contributed by atoms with E-state index >= 15 is 0 Å². The van der Waals surface area contributed by atoms with Crippen LogP contribution in [-0.4, -0.2) is 52.9 Å². The summed E-state index contributed by atoms with van der Waals surface area (Å²) >= 11 is 0. The van der Waals surface area contributed by atoms with Crippen LogP contribution < -0.4 is 0 Å². The molecule has 1 amide bonds. The molecule has 9 heteroatoms. The zero-order chi connectivity index (χ0) is 20.4. The molecule has 0 saturated heterocycles. The van der Waals surface area contributed by atoms with E-state index in [9.17, 15) is 23.4 Å². The fraction of sp³-hybridized carbons (Fsp3) is 0.333. The van der Waals surface area contributed by atoms with Crippen LogP contribution in [0.5, 0.6) is 0 Å². The number of amides is 1. The third-order valence-electron chi connectivity index (χ3n) is 3.27. The van der Waals surface area contributed by atoms with Crippen molar-refractivity contribution in [1.82, 2.24) is 4.31 Å². The minimum absolute atomic E-state index is 0.0217. The van der Waals surface area contributed by atoms with Crippen LogP contribution in [0.4, 0.5) is 0 Å². The number of carbonyl (C=O) groups excluding carboxylic acids is 4. The topological polar surface area (TPSA) is 107 Å². The van der Waals surface area contributed by atoms with E-state index < -0.39 is 28.8 Å². The molecule has 1 rings (SSSR count). The third kappa shape index (κ3) is 7.14. The first-order valence-electron chi connectivity index (χ1n) is 7.99. The molecule has 0 spiro atoms. The summed E-state index contributed by atoms with van der Waals surface area (Å²) in [7, 11) is -0.377. The summed E-state index contributed by atoms with van der Waals surface area (Å²) in [5.74, 6) is -1.62. The predicted octanol–water partition coefficient (Wildman–Crippen LogP) is 1.42. The Hall–Kier alpha value is -2.81. The number of esters is 2. The molecule has 0 N–H and O–H groups in total. The summed E-state index contributed by atoms with van der Waals surface area (Å²) in [5, 5.41) is 0. The average molecular weight is 395 g/mol. The van der Waals surface area contributed by atoms with E-state index in [-0.39, 0.29) is 37.2 Å². The summed E-state index contributed by atoms with van der Waals surface area (Å²) in [6, 6.07) is 5.72. The average Bonchev–Trinajstić information content (AvgIpc) is 2.67. The molecular formula is C18H21NO7S. The first-order valence-corrected chi connectivity index (χ1v) is 9.10. The van der Waals surface area contributed by atoms with Crippen molar-refractivity contribution in [3.63, 3.8) is 0 Å². The van der Waals surface area contributed by atoms with Crippen LogP contribution in [0.2, 0.25) is 0 Å². The molecule has 0 aromatic heterocycles. The first-order chi connectivity index (χ1) is 12.8. The monoisotopic (exact) mass is 395 g/mol. The van der Waals surface area contributed by atoms with Gasteiger partial charge in [0.2, 0.25) is 5.91 Å². The molecular weight excluding hydrogens is 374 g/mol. The Morgan fingerprint density at radius 2 is 1.74 bits per heavy atom. The summed E-state index contributed by atoms with van der Waals surface area (Å²) in [6.07, 6.45) is 0.660. The molecule has 146 valence electrons. The molecule has 0 aliphatic carbocycles. The fourth-order valence-electron chi connectivity index (χ4n) is 1.77. The molecule has 0 radical (unpaired) electrons. The van der Waals surface area contributed by atoms with Gasteiger partial charge in [-0.3, -0.25) is 9.10 Å². The van der Waals surface area contributed by atoms with Gasteiger partial charge in [-0.25, -0.2) is 13.8 Å². The number of hydrogen-bond acceptors (Lipinski definition) is 7. The van der Waals surface area contributed by atoms with E-state index in [4.69, 9.17) is 9.47 Å². The van der Waals surface area contributed by atoms with Crippen molar-refractivity contribution in [1.29, 1.82) is 0 Å². The van der Waals surface area contributed by atoms with Gasteiger partial charge in [-0.1, -0.05) is 6.58 Å². The standard InChI is InChI=1S/C18H21NO7S/c1-13(2)17(22)25-11-12-26-18(23)14-6-8-15(9-7-14)27(24)19(3)16(21)5-4-10-20/h6-10H,1,4-5,11-12H2,2-3H3. The molecule has 0 heterocycles. The summed E-state index contributed by atoms with van der Waals surface area (Å²) in [5.41, 5.74) is 0.469. The number of rotatable bonds is 10. The van der Waals surface area contributed by atoms with Crippen molar-refractivity contribution in [3.05, 3.63) is 42.0 Å². The normalized spacial score (nSPS) is 11.2. The molecule has 0 saturated carbocycles. The lowest BCUT2D eigenvalue weighted by atomic mass is 10.2. The molecule has 0 bridgehead atoms. The molecule has 0 fully saturated rings. The van der Waals surface area contributed by atoms with E-state index in [2.05, 4.69) is 6.58 Å². The van der Waals surface area contributed by atoms with Gasteiger partial charge >= 0.3 is 11.9 Å². The quantitative estimate of drug-likeness (QED) is 0.255. The van der Waals surface area contributed by atoms with Crippen molar-refractivity contribution in [2.45, 2.75) is 24.7 Å². The van der Waals surface area contributed by atoms with Crippen molar-refractivity contribution >= 4 is 35.1 Å². The van der Waals surface area contributed by atoms with Crippen molar-refractivity contribution in [3.8, 4) is 0 Å². The number of ether oxygens (including phenoxy) is 2. The van der Waals surface area contributed by atoms with Gasteiger partial charge in [0, 0.05) is 25.5 Å². The number of benzene rings is 1. The Morgan fingerprint density at radius 3 is 2.30 bits per heavy atom. The van der Waals surface area contributed by atoms with Crippen LogP contribution in [0.15, 0.2) is 41.3 Å². The molecule has 1 aromatic rings. The van der Waals surface area contributed by atoms with Crippen LogP contribution >= 0.6 is 0 Å². The number of carbonyl (C=O) groups is 4. The summed E-state index contributed by atoms with van der Waals surface area (Å²) in [4.78, 5) is 45.5. The third-order valence-corrected chi connectivity index (χ3v) is 4.64. The Bertz CT molecular complexity index is 743.